The van der Waals surface area contributed by atoms with Crippen molar-refractivity contribution in [1.82, 2.24) is 0 Å². The van der Waals surface area contributed by atoms with E-state index in [1.165, 1.54) is 0 Å². The summed E-state index contributed by atoms with van der Waals surface area (Å²) in [6.07, 6.45) is 1.09. The maximum Gasteiger partial charge on any atom is 0.131 e. The Bertz CT molecular complexity index is 404. The van der Waals surface area contributed by atoms with Crippen molar-refractivity contribution >= 4 is 21.8 Å². The van der Waals surface area contributed by atoms with Gasteiger partial charge in [0.2, 0.25) is 0 Å². The van der Waals surface area contributed by atoms with E-state index >= 15 is 0 Å². The molecule has 0 radical (unpaired) electrons. The van der Waals surface area contributed by atoms with E-state index in [2.05, 4.69) is 29.8 Å². The van der Waals surface area contributed by atoms with E-state index in [0.717, 1.165) is 10.9 Å². The summed E-state index contributed by atoms with van der Waals surface area (Å²) >= 11 is 3.39. The lowest BCUT2D eigenvalue weighted by atomic mass is 10.1. The van der Waals surface area contributed by atoms with E-state index in [1.54, 1.807) is 6.07 Å². The molecule has 3 nitrogen and oxygen atoms in total. The number of ether oxygens (including phenoxy) is 1. The molecule has 1 rings (SSSR count). The molecule has 0 saturated heterocycles. The van der Waals surface area contributed by atoms with Crippen LogP contribution >= 0.6 is 15.9 Å². The van der Waals surface area contributed by atoms with Gasteiger partial charge >= 0.3 is 0 Å². The molecule has 0 aliphatic heterocycles. The normalized spacial score (nSPS) is 12.5. The number of hydrogen-bond acceptors (Lipinski definition) is 2. The number of benzene rings is 1. The maximum absolute atomic E-state index is 7.52. The number of nitrogen functional groups attached to an aromatic ring is 1. The van der Waals surface area contributed by atoms with Crippen LogP contribution in [0.4, 0.5) is 0 Å². The Morgan fingerprint density at radius 3 is 2.59 bits per heavy atom. The number of amidine groups is 1. The molecule has 1 atom stereocenters. The van der Waals surface area contributed by atoms with Crippen LogP contribution in [0, 0.1) is 11.3 Å². The van der Waals surface area contributed by atoms with Gasteiger partial charge in [-0.3, -0.25) is 5.41 Å². The van der Waals surface area contributed by atoms with Crippen LogP contribution < -0.4 is 10.5 Å². The minimum Gasteiger partial charge on any atom is -0.490 e. The van der Waals surface area contributed by atoms with Gasteiger partial charge in [0, 0.05) is 4.47 Å². The molecule has 17 heavy (non-hydrogen) atoms. The van der Waals surface area contributed by atoms with Crippen molar-refractivity contribution < 1.29 is 4.74 Å². The van der Waals surface area contributed by atoms with Crippen molar-refractivity contribution in [1.29, 1.82) is 5.41 Å². The van der Waals surface area contributed by atoms with Crippen LogP contribution in [0.3, 0.4) is 0 Å². The van der Waals surface area contributed by atoms with E-state index < -0.39 is 0 Å². The van der Waals surface area contributed by atoms with Gasteiger partial charge in [0.1, 0.15) is 11.6 Å². The highest BCUT2D eigenvalue weighted by molar-refractivity contribution is 9.10. The molecule has 4 heteroatoms. The predicted octanol–water partition coefficient (Wildman–Crippen LogP) is 3.55. The molecule has 0 aliphatic rings. The Balaban J connectivity index is 2.88. The number of nitrogens with two attached hydrogens (primary N) is 1. The maximum atomic E-state index is 7.52. The van der Waals surface area contributed by atoms with E-state index in [9.17, 15) is 0 Å². The molecule has 94 valence electrons. The second-order valence-corrected chi connectivity index (χ2v) is 5.53. The van der Waals surface area contributed by atoms with Crippen LogP contribution in [0.2, 0.25) is 0 Å². The van der Waals surface area contributed by atoms with Crippen LogP contribution in [0.1, 0.15) is 32.8 Å². The van der Waals surface area contributed by atoms with Crippen LogP contribution in [-0.2, 0) is 0 Å². The number of nitrogens with one attached hydrogen (secondary N) is 1. The summed E-state index contributed by atoms with van der Waals surface area (Å²) in [5.74, 6) is 1.28. The van der Waals surface area contributed by atoms with Crippen molar-refractivity contribution in [2.45, 2.75) is 33.3 Å². The van der Waals surface area contributed by atoms with Gasteiger partial charge in [0.15, 0.2) is 0 Å². The molecule has 3 N–H and O–H groups in total. The minimum atomic E-state index is 0.0317. The second-order valence-electron chi connectivity index (χ2n) is 4.61. The summed E-state index contributed by atoms with van der Waals surface area (Å²) in [5, 5.41) is 7.52. The highest BCUT2D eigenvalue weighted by Crippen LogP contribution is 2.25. The summed E-state index contributed by atoms with van der Waals surface area (Å²) in [6, 6.07) is 5.51. The lowest BCUT2D eigenvalue weighted by Crippen LogP contribution is -2.18. The molecule has 1 unspecified atom stereocenters. The zero-order valence-electron chi connectivity index (χ0n) is 10.5. The van der Waals surface area contributed by atoms with Crippen LogP contribution in [-0.4, -0.2) is 11.9 Å². The molecule has 0 amide bonds. The Labute approximate surface area is 111 Å². The molecule has 0 bridgehead atoms. The molecule has 0 spiro atoms. The summed E-state index contributed by atoms with van der Waals surface area (Å²) in [7, 11) is 0. The smallest absolute Gasteiger partial charge is 0.131 e. The lowest BCUT2D eigenvalue weighted by molar-refractivity contribution is 0.193. The zero-order chi connectivity index (χ0) is 13.0. The monoisotopic (exact) mass is 298 g/mol. The number of halogens is 1. The van der Waals surface area contributed by atoms with E-state index in [1.807, 2.05) is 19.1 Å². The fourth-order valence-corrected chi connectivity index (χ4v) is 2.08. The third kappa shape index (κ3) is 4.38. The first-order chi connectivity index (χ1) is 7.90. The van der Waals surface area contributed by atoms with Crippen LogP contribution in [0.5, 0.6) is 5.75 Å². The van der Waals surface area contributed by atoms with E-state index in [4.69, 9.17) is 15.9 Å². The SMILES string of the molecule is CC(C)CC(C)Oc1cc(Br)ccc1C(=N)N. The summed E-state index contributed by atoms with van der Waals surface area (Å²) in [4.78, 5) is 0. The highest BCUT2D eigenvalue weighted by Gasteiger charge is 2.12. The standard InChI is InChI=1S/C13H19BrN2O/c1-8(2)6-9(3)17-12-7-10(14)4-5-11(12)13(15)16/h4-5,7-9H,6H2,1-3H3,(H3,15,16). The van der Waals surface area contributed by atoms with Crippen molar-refractivity contribution in [3.63, 3.8) is 0 Å². The third-order valence-electron chi connectivity index (χ3n) is 2.37. The largest absolute Gasteiger partial charge is 0.490 e. The molecular formula is C13H19BrN2O. The minimum absolute atomic E-state index is 0.0317. The Hall–Kier alpha value is -1.03. The molecule has 1 aromatic carbocycles. The molecule has 0 aromatic heterocycles. The van der Waals surface area contributed by atoms with Crippen molar-refractivity contribution in [3.05, 3.63) is 28.2 Å². The average molecular weight is 299 g/mol. The van der Waals surface area contributed by atoms with Crippen LogP contribution in [0.25, 0.3) is 0 Å². The Kier molecular flexibility index (Phi) is 5.00. The summed E-state index contributed by atoms with van der Waals surface area (Å²) in [6.45, 7) is 6.35. The molecule has 0 fully saturated rings. The Morgan fingerprint density at radius 1 is 1.41 bits per heavy atom. The van der Waals surface area contributed by atoms with Gasteiger partial charge in [-0.25, -0.2) is 0 Å². The summed E-state index contributed by atoms with van der Waals surface area (Å²) in [5.41, 5.74) is 6.17. The number of hydrogen-bond donors (Lipinski definition) is 2. The molecule has 1 aromatic rings. The fourth-order valence-electron chi connectivity index (χ4n) is 1.74. The summed E-state index contributed by atoms with van der Waals surface area (Å²) < 4.78 is 6.77. The topological polar surface area (TPSA) is 59.1 Å². The van der Waals surface area contributed by atoms with Gasteiger partial charge in [-0.05, 0) is 37.5 Å². The van der Waals surface area contributed by atoms with Crippen LogP contribution in [0.15, 0.2) is 22.7 Å². The van der Waals surface area contributed by atoms with Gasteiger partial charge < -0.3 is 10.5 Å². The van der Waals surface area contributed by atoms with Gasteiger partial charge in [-0.15, -0.1) is 0 Å². The van der Waals surface area contributed by atoms with E-state index in [-0.39, 0.29) is 11.9 Å². The number of rotatable bonds is 5. The first kappa shape index (κ1) is 14.0. The predicted molar refractivity (Wildman–Crippen MR) is 74.7 cm³/mol. The van der Waals surface area contributed by atoms with Crippen molar-refractivity contribution in [2.24, 2.45) is 11.7 Å². The average Bonchev–Trinajstić information content (AvgIpc) is 2.15. The lowest BCUT2D eigenvalue weighted by Gasteiger charge is -2.18. The third-order valence-corrected chi connectivity index (χ3v) is 2.86. The molecule has 0 aliphatic carbocycles. The zero-order valence-corrected chi connectivity index (χ0v) is 12.0. The quantitative estimate of drug-likeness (QED) is 0.645. The molecule has 0 saturated carbocycles. The van der Waals surface area contributed by atoms with E-state index in [0.29, 0.717) is 17.2 Å². The molecular weight excluding hydrogens is 280 g/mol. The fraction of sp³-hybridized carbons (Fsp3) is 0.462. The first-order valence-electron chi connectivity index (χ1n) is 5.70. The van der Waals surface area contributed by atoms with Crippen molar-refractivity contribution in [2.75, 3.05) is 0 Å². The van der Waals surface area contributed by atoms with Gasteiger partial charge in [-0.1, -0.05) is 29.8 Å². The van der Waals surface area contributed by atoms with Crippen molar-refractivity contribution in [3.8, 4) is 5.75 Å². The van der Waals surface area contributed by atoms with Gasteiger partial charge in [-0.2, -0.15) is 0 Å². The Morgan fingerprint density at radius 2 is 2.06 bits per heavy atom. The first-order valence-corrected chi connectivity index (χ1v) is 6.50. The molecule has 0 heterocycles. The second kappa shape index (κ2) is 6.05. The van der Waals surface area contributed by atoms with Gasteiger partial charge in [0.05, 0.1) is 11.7 Å². The highest BCUT2D eigenvalue weighted by atomic mass is 79.9. The van der Waals surface area contributed by atoms with Gasteiger partial charge in [0.25, 0.3) is 0 Å².